The highest BCUT2D eigenvalue weighted by atomic mass is 19.4. The minimum absolute atomic E-state index is 0.0570. The first-order valence-corrected chi connectivity index (χ1v) is 30.8. The average Bonchev–Trinajstić information content (AvgIpc) is 0.778. The van der Waals surface area contributed by atoms with Gasteiger partial charge in [-0.3, -0.25) is 24.0 Å². The van der Waals surface area contributed by atoms with Crippen LogP contribution in [0.5, 0.6) is 0 Å². The lowest BCUT2D eigenvalue weighted by Crippen LogP contribution is -2.49. The maximum absolute atomic E-state index is 13.8. The second-order valence-electron chi connectivity index (χ2n) is 26.3. The Morgan fingerprint density at radius 2 is 0.697 bits per heavy atom. The first-order chi connectivity index (χ1) is 45.2. The Balaban J connectivity index is 0.00000131. The van der Waals surface area contributed by atoms with Gasteiger partial charge in [-0.2, -0.15) is 52.7 Å². The van der Waals surface area contributed by atoms with E-state index in [1.165, 1.54) is 14.2 Å². The number of methoxy groups -OCH3 is 2. The Morgan fingerprint density at radius 1 is 0.424 bits per heavy atom. The summed E-state index contributed by atoms with van der Waals surface area (Å²) in [5, 5.41) is 21.9. The Morgan fingerprint density at radius 3 is 0.949 bits per heavy atom. The summed E-state index contributed by atoms with van der Waals surface area (Å²) in [6.07, 6.45) is -23.7. The number of carboxylic acid groups (broad SMARTS) is 2. The van der Waals surface area contributed by atoms with Gasteiger partial charge in [0, 0.05) is 12.8 Å². The summed E-state index contributed by atoms with van der Waals surface area (Å²) in [4.78, 5) is 106. The Hall–Kier alpha value is -8.03. The third-order valence-electron chi connectivity index (χ3n) is 15.3. The van der Waals surface area contributed by atoms with Crippen LogP contribution in [0.15, 0.2) is 91.0 Å². The zero-order valence-corrected chi connectivity index (χ0v) is 57.4. The minimum Gasteiger partial charge on any atom is -0.480 e. The van der Waals surface area contributed by atoms with Crippen molar-refractivity contribution in [2.45, 2.75) is 196 Å². The maximum Gasteiger partial charge on any atom is 0.408 e. The molecule has 560 valence electrons. The molecule has 0 heterocycles. The molecule has 0 aliphatic carbocycles. The molecule has 3 unspecified atom stereocenters. The number of halogens is 12. The van der Waals surface area contributed by atoms with Crippen LogP contribution in [0.4, 0.5) is 62.3 Å². The molecule has 0 saturated heterocycles. The van der Waals surface area contributed by atoms with E-state index in [1.54, 1.807) is 91.0 Å². The molecule has 8 N–H and O–H groups in total. The van der Waals surface area contributed by atoms with Crippen LogP contribution < -0.4 is 22.1 Å². The lowest BCUT2D eigenvalue weighted by Gasteiger charge is -2.31. The normalized spacial score (nSPS) is 14.5. The van der Waals surface area contributed by atoms with Crippen LogP contribution in [-0.2, 0) is 77.1 Å². The van der Waals surface area contributed by atoms with Crippen LogP contribution in [0.2, 0.25) is 0 Å². The van der Waals surface area contributed by atoms with E-state index in [1.807, 2.05) is 38.3 Å². The van der Waals surface area contributed by atoms with Crippen molar-refractivity contribution in [1.82, 2.24) is 10.6 Å². The number of rotatable bonds is 31. The highest BCUT2D eigenvalue weighted by Crippen LogP contribution is 2.45. The number of ketones is 2. The number of carbonyl (C=O) groups excluding carboxylic acids is 7. The molecule has 2 amide bonds. The number of carboxylic acids is 2. The van der Waals surface area contributed by atoms with E-state index in [0.717, 1.165) is 41.5 Å². The maximum atomic E-state index is 13.8. The van der Waals surface area contributed by atoms with E-state index in [9.17, 15) is 95.8 Å². The van der Waals surface area contributed by atoms with Gasteiger partial charge in [0.1, 0.15) is 43.5 Å². The van der Waals surface area contributed by atoms with E-state index in [4.69, 9.17) is 35.9 Å². The zero-order chi connectivity index (χ0) is 76.9. The fourth-order valence-corrected chi connectivity index (χ4v) is 8.78. The Labute approximate surface area is 567 Å². The summed E-state index contributed by atoms with van der Waals surface area (Å²) < 4.78 is 181. The second-order valence-corrected chi connectivity index (χ2v) is 26.3. The van der Waals surface area contributed by atoms with Crippen LogP contribution in [0, 0.1) is 45.3 Å². The van der Waals surface area contributed by atoms with Crippen LogP contribution >= 0.6 is 0 Å². The predicted octanol–water partition coefficient (Wildman–Crippen LogP) is 13.6. The van der Waals surface area contributed by atoms with Gasteiger partial charge >= 0.3 is 66.7 Å². The van der Waals surface area contributed by atoms with Gasteiger partial charge in [-0.15, -0.1) is 0 Å². The van der Waals surface area contributed by atoms with E-state index >= 15 is 0 Å². The molecule has 3 aromatic rings. The standard InChI is InChI=1S/C22H30F3NO5.2C15H18F3NO4.C15H26F3NO3/c1-14(2)10-16(19(28)30-4)11-18(27)17(26)12-21(3,22(23,24)25)20(29)31-13-15-8-6-5-7-9-15;2*1-14(2,15(16,17)18)8-11(12(20)21)19-13(22)23-9-10-6-4-3-5-7-10;1-9(2)6-10(13(21)22-5)7-12(20)11(19)8-14(3,4)15(16,17)18/h5-9,14,16-17H,10-13,26H2,1-4H3;2*3-7,11H,8-9H2,1-2H3,(H,19,22)(H,20,21);9-11H,6-8,19H2,1-5H3/t16-,17-,21?;;;10-,11-/m1..1/s1. The molecule has 20 nitrogen and oxygen atoms in total. The minimum atomic E-state index is -4.99. The molecule has 7 atom stereocenters. The summed E-state index contributed by atoms with van der Waals surface area (Å²) in [5.41, 5.74) is 3.69. The molecule has 0 bridgehead atoms. The van der Waals surface area contributed by atoms with E-state index in [0.29, 0.717) is 36.5 Å². The summed E-state index contributed by atoms with van der Waals surface area (Å²) in [7, 11) is 2.39. The predicted molar refractivity (Wildman–Crippen MR) is 336 cm³/mol. The van der Waals surface area contributed by atoms with Crippen molar-refractivity contribution in [2.24, 2.45) is 56.8 Å². The van der Waals surface area contributed by atoms with Gasteiger partial charge in [0.15, 0.2) is 5.41 Å². The number of nitrogens with two attached hydrogens (primary N) is 2. The third-order valence-corrected chi connectivity index (χ3v) is 15.3. The lowest BCUT2D eigenvalue weighted by atomic mass is 9.80. The van der Waals surface area contributed by atoms with Gasteiger partial charge in [0.05, 0.1) is 54.4 Å². The quantitative estimate of drug-likeness (QED) is 0.0198. The number of nitrogens with one attached hydrogen (secondary N) is 2. The summed E-state index contributed by atoms with van der Waals surface area (Å²) in [6, 6.07) is 19.2. The van der Waals surface area contributed by atoms with Gasteiger partial charge < -0.3 is 56.0 Å². The summed E-state index contributed by atoms with van der Waals surface area (Å²) >= 11 is 0. The third kappa shape index (κ3) is 33.1. The molecule has 0 aromatic heterocycles. The number of esters is 3. The molecule has 0 aliphatic heterocycles. The first-order valence-electron chi connectivity index (χ1n) is 30.8. The number of carbonyl (C=O) groups is 9. The number of aliphatic carboxylic acids is 2. The topological polar surface area (TPSA) is 316 Å². The van der Waals surface area contributed by atoms with Crippen LogP contribution in [0.3, 0.4) is 0 Å². The molecular weight excluding hydrogens is 1340 g/mol. The Bertz CT molecular complexity index is 2920. The van der Waals surface area contributed by atoms with Gasteiger partial charge in [-0.1, -0.05) is 160 Å². The van der Waals surface area contributed by atoms with E-state index in [2.05, 4.69) is 9.47 Å². The fraction of sp³-hybridized carbons (Fsp3) is 0.597. The lowest BCUT2D eigenvalue weighted by molar-refractivity contribution is -0.233. The number of hydrogen-bond acceptors (Lipinski definition) is 16. The molecule has 0 radical (unpaired) electrons. The summed E-state index contributed by atoms with van der Waals surface area (Å²) in [6.45, 7) is 13.1. The van der Waals surface area contributed by atoms with Crippen molar-refractivity contribution in [1.29, 1.82) is 0 Å². The highest BCUT2D eigenvalue weighted by Gasteiger charge is 2.59. The van der Waals surface area contributed by atoms with Crippen molar-refractivity contribution in [3.8, 4) is 0 Å². The number of hydrogen-bond donors (Lipinski definition) is 6. The van der Waals surface area contributed by atoms with E-state index in [-0.39, 0.29) is 44.5 Å². The van der Waals surface area contributed by atoms with Gasteiger partial charge in [-0.25, -0.2) is 19.2 Å². The largest absolute Gasteiger partial charge is 0.480 e. The Kier molecular flexibility index (Phi) is 37.0. The average molecular weight is 1440 g/mol. The number of ether oxygens (including phenoxy) is 5. The smallest absolute Gasteiger partial charge is 0.408 e. The summed E-state index contributed by atoms with van der Waals surface area (Å²) in [5.74, 6) is -8.36. The molecule has 32 heteroatoms. The SMILES string of the molecule is CC(C)(CC(NC(=O)OCc1ccccc1)C(=O)O)C(F)(F)F.CC(C)(CC(NC(=O)OCc1ccccc1)C(=O)O)C(F)(F)F.COC(=O)[C@@H](CC(=O)[C@H](N)CC(C)(C(=O)OCc1ccccc1)C(F)(F)F)CC(C)C.COC(=O)[C@@H](CC(=O)[C@H](N)CC(C)(C)C(F)(F)F)CC(C)C. The van der Waals surface area contributed by atoms with Crippen molar-refractivity contribution in [3.63, 3.8) is 0 Å². The van der Waals surface area contributed by atoms with Crippen molar-refractivity contribution in [2.75, 3.05) is 14.2 Å². The second kappa shape index (κ2) is 40.3. The van der Waals surface area contributed by atoms with Crippen LogP contribution in [-0.4, -0.2) is 127 Å². The number of amides is 2. The molecule has 3 aromatic carbocycles. The monoisotopic (exact) mass is 1440 g/mol. The molecule has 0 aliphatic rings. The van der Waals surface area contributed by atoms with Crippen LogP contribution in [0.25, 0.3) is 0 Å². The van der Waals surface area contributed by atoms with Gasteiger partial charge in [0.25, 0.3) is 0 Å². The number of benzene rings is 3. The highest BCUT2D eigenvalue weighted by molar-refractivity contribution is 5.89. The molecule has 0 fully saturated rings. The molecule has 99 heavy (non-hydrogen) atoms. The molecule has 3 rings (SSSR count). The number of Topliss-reactive ketones (excluding diaryl/α,β-unsaturated/α-hetero) is 2. The number of alkyl halides is 12. The molecule has 0 saturated carbocycles. The van der Waals surface area contributed by atoms with E-state index < -0.39 is 162 Å². The fourth-order valence-electron chi connectivity index (χ4n) is 8.78. The molecular formula is C67H92F12N4O16. The first kappa shape index (κ1) is 91.0. The van der Waals surface area contributed by atoms with Gasteiger partial charge in [-0.05, 0) is 74.0 Å². The number of alkyl carbamates (subject to hydrolysis) is 2. The molecule has 0 spiro atoms. The van der Waals surface area contributed by atoms with Gasteiger partial charge in [0.2, 0.25) is 0 Å². The van der Waals surface area contributed by atoms with Crippen molar-refractivity contribution < 1.29 is 130 Å². The van der Waals surface area contributed by atoms with Crippen molar-refractivity contribution >= 4 is 53.6 Å². The van der Waals surface area contributed by atoms with Crippen molar-refractivity contribution in [3.05, 3.63) is 108 Å². The van der Waals surface area contributed by atoms with Crippen LogP contribution in [0.1, 0.15) is 144 Å². The zero-order valence-electron chi connectivity index (χ0n) is 57.4.